The Morgan fingerprint density at radius 2 is 1.79 bits per heavy atom. The molecular weight excluding hydrogens is 261 g/mol. The molecule has 2 aromatic rings. The van der Waals surface area contributed by atoms with Gasteiger partial charge in [-0.05, 0) is 28.1 Å². The van der Waals surface area contributed by atoms with Crippen molar-refractivity contribution in [3.8, 4) is 11.3 Å². The zero-order valence-electron chi connectivity index (χ0n) is 7.24. The summed E-state index contributed by atoms with van der Waals surface area (Å²) in [6.07, 6.45) is 0. The van der Waals surface area contributed by atoms with E-state index in [0.717, 1.165) is 15.9 Å². The van der Waals surface area contributed by atoms with Crippen LogP contribution in [0.5, 0.6) is 0 Å². The van der Waals surface area contributed by atoms with Crippen LogP contribution in [0.2, 0.25) is 5.02 Å². The van der Waals surface area contributed by atoms with E-state index in [9.17, 15) is 0 Å². The maximum Gasteiger partial charge on any atom is 0.108 e. The Morgan fingerprint density at radius 1 is 1.07 bits per heavy atom. The molecule has 0 aliphatic rings. The van der Waals surface area contributed by atoms with Crippen LogP contribution in [0, 0.1) is 0 Å². The fraction of sp³-hybridized carbons (Fsp3) is 0. The van der Waals surface area contributed by atoms with Gasteiger partial charge in [0.2, 0.25) is 0 Å². The fourth-order valence-electron chi connectivity index (χ4n) is 1.22. The van der Waals surface area contributed by atoms with Crippen LogP contribution in [-0.2, 0) is 0 Å². The molecule has 0 unspecified atom stereocenters. The molecule has 0 bridgehead atoms. The van der Waals surface area contributed by atoms with Crippen LogP contribution in [0.1, 0.15) is 0 Å². The van der Waals surface area contributed by atoms with Crippen LogP contribution in [0.4, 0.5) is 0 Å². The topological polar surface area (TPSA) is 12.9 Å². The van der Waals surface area contributed by atoms with Gasteiger partial charge in [0.15, 0.2) is 0 Å². The summed E-state index contributed by atoms with van der Waals surface area (Å²) >= 11 is 9.24. The fourth-order valence-corrected chi connectivity index (χ4v) is 2.00. The molecule has 0 N–H and O–H groups in total. The average Bonchev–Trinajstić information content (AvgIpc) is 2.18. The van der Waals surface area contributed by atoms with E-state index in [1.807, 2.05) is 36.4 Å². The largest absolute Gasteiger partial charge is 0.241 e. The Balaban J connectivity index is 2.52. The molecule has 3 heteroatoms. The Hall–Kier alpha value is -0.860. The van der Waals surface area contributed by atoms with Gasteiger partial charge in [-0.15, -0.1) is 0 Å². The lowest BCUT2D eigenvalue weighted by molar-refractivity contribution is 1.28. The van der Waals surface area contributed by atoms with E-state index in [1.165, 1.54) is 0 Å². The van der Waals surface area contributed by atoms with E-state index in [0.29, 0.717) is 5.02 Å². The smallest absolute Gasteiger partial charge is 0.108 e. The Kier molecular flexibility index (Phi) is 2.85. The number of pyridine rings is 1. The molecule has 0 radical (unpaired) electrons. The number of benzene rings is 1. The van der Waals surface area contributed by atoms with E-state index in [2.05, 4.69) is 20.9 Å². The maximum atomic E-state index is 5.93. The summed E-state index contributed by atoms with van der Waals surface area (Å²) in [5.74, 6) is 0. The van der Waals surface area contributed by atoms with Crippen molar-refractivity contribution in [2.24, 2.45) is 0 Å². The third-order valence-corrected chi connectivity index (χ3v) is 2.45. The highest BCUT2D eigenvalue weighted by molar-refractivity contribution is 9.10. The van der Waals surface area contributed by atoms with E-state index in [-0.39, 0.29) is 0 Å². The monoisotopic (exact) mass is 267 g/mol. The van der Waals surface area contributed by atoms with E-state index >= 15 is 0 Å². The molecule has 1 nitrogen and oxygen atoms in total. The molecule has 0 aliphatic heterocycles. The summed E-state index contributed by atoms with van der Waals surface area (Å²) in [4.78, 5) is 4.34. The molecule has 1 aromatic carbocycles. The van der Waals surface area contributed by atoms with E-state index < -0.39 is 0 Å². The second-order valence-electron chi connectivity index (χ2n) is 2.86. The second-order valence-corrected chi connectivity index (χ2v) is 4.11. The number of rotatable bonds is 1. The summed E-state index contributed by atoms with van der Waals surface area (Å²) in [5, 5.41) is 0.686. The first-order valence-corrected chi connectivity index (χ1v) is 5.31. The van der Waals surface area contributed by atoms with Crippen molar-refractivity contribution in [2.75, 3.05) is 0 Å². The van der Waals surface area contributed by atoms with Crippen molar-refractivity contribution in [3.05, 3.63) is 52.1 Å². The minimum Gasteiger partial charge on any atom is -0.241 e. The van der Waals surface area contributed by atoms with Crippen LogP contribution >= 0.6 is 27.5 Å². The molecule has 0 atom stereocenters. The van der Waals surface area contributed by atoms with E-state index in [1.54, 1.807) is 6.07 Å². The van der Waals surface area contributed by atoms with Gasteiger partial charge in [0.25, 0.3) is 0 Å². The quantitative estimate of drug-likeness (QED) is 0.708. The first-order chi connectivity index (χ1) is 6.75. The lowest BCUT2D eigenvalue weighted by Crippen LogP contribution is -1.83. The van der Waals surface area contributed by atoms with Crippen molar-refractivity contribution < 1.29 is 0 Å². The standard InChI is InChI=1S/C11H7BrClN/c12-11-7-9(13)6-10(14-11)8-4-2-1-3-5-8/h1-7H. The van der Waals surface area contributed by atoms with Gasteiger partial charge in [0.05, 0.1) is 5.69 Å². The normalized spacial score (nSPS) is 10.1. The Bertz CT molecular complexity index is 422. The zero-order valence-corrected chi connectivity index (χ0v) is 9.59. The Morgan fingerprint density at radius 3 is 2.43 bits per heavy atom. The van der Waals surface area contributed by atoms with Gasteiger partial charge in [-0.1, -0.05) is 41.9 Å². The number of aromatic nitrogens is 1. The maximum absolute atomic E-state index is 5.93. The van der Waals surface area contributed by atoms with Gasteiger partial charge in [-0.3, -0.25) is 0 Å². The number of halogens is 2. The van der Waals surface area contributed by atoms with Crippen molar-refractivity contribution in [2.45, 2.75) is 0 Å². The molecule has 0 fully saturated rings. The number of nitrogens with zero attached hydrogens (tertiary/aromatic N) is 1. The van der Waals surface area contributed by atoms with Crippen molar-refractivity contribution in [3.63, 3.8) is 0 Å². The summed E-state index contributed by atoms with van der Waals surface area (Å²) in [7, 11) is 0. The molecule has 1 heterocycles. The SMILES string of the molecule is Clc1cc(Br)nc(-c2ccccc2)c1. The number of hydrogen-bond acceptors (Lipinski definition) is 1. The summed E-state index contributed by atoms with van der Waals surface area (Å²) in [6.45, 7) is 0. The molecule has 0 saturated carbocycles. The molecule has 1 aromatic heterocycles. The summed E-state index contributed by atoms with van der Waals surface area (Å²) in [6, 6.07) is 13.6. The van der Waals surface area contributed by atoms with Gasteiger partial charge in [-0.2, -0.15) is 0 Å². The molecule has 0 saturated heterocycles. The average molecular weight is 269 g/mol. The molecular formula is C11H7BrClN. The van der Waals surface area contributed by atoms with Gasteiger partial charge in [0.1, 0.15) is 4.60 Å². The second kappa shape index (κ2) is 4.11. The highest BCUT2D eigenvalue weighted by atomic mass is 79.9. The van der Waals surface area contributed by atoms with Gasteiger partial charge in [0, 0.05) is 10.6 Å². The minimum absolute atomic E-state index is 0.686. The highest BCUT2D eigenvalue weighted by Crippen LogP contribution is 2.23. The first-order valence-electron chi connectivity index (χ1n) is 4.14. The molecule has 0 aliphatic carbocycles. The van der Waals surface area contributed by atoms with Crippen LogP contribution in [0.15, 0.2) is 47.1 Å². The Labute approximate surface area is 95.9 Å². The predicted octanol–water partition coefficient (Wildman–Crippen LogP) is 4.16. The van der Waals surface area contributed by atoms with Crippen molar-refractivity contribution >= 4 is 27.5 Å². The number of hydrogen-bond donors (Lipinski definition) is 0. The van der Waals surface area contributed by atoms with Crippen LogP contribution in [-0.4, -0.2) is 4.98 Å². The van der Waals surface area contributed by atoms with Gasteiger partial charge < -0.3 is 0 Å². The molecule has 0 amide bonds. The predicted molar refractivity (Wildman–Crippen MR) is 62.4 cm³/mol. The molecule has 2 rings (SSSR count). The van der Waals surface area contributed by atoms with Crippen molar-refractivity contribution in [1.29, 1.82) is 0 Å². The van der Waals surface area contributed by atoms with Crippen molar-refractivity contribution in [1.82, 2.24) is 4.98 Å². The minimum atomic E-state index is 0.686. The lowest BCUT2D eigenvalue weighted by atomic mass is 10.1. The van der Waals surface area contributed by atoms with E-state index in [4.69, 9.17) is 11.6 Å². The van der Waals surface area contributed by atoms with Crippen LogP contribution in [0.3, 0.4) is 0 Å². The first kappa shape index (κ1) is 9.69. The molecule has 70 valence electrons. The summed E-state index contributed by atoms with van der Waals surface area (Å²) < 4.78 is 0.754. The third kappa shape index (κ3) is 2.14. The molecule has 0 spiro atoms. The lowest BCUT2D eigenvalue weighted by Gasteiger charge is -2.01. The molecule has 14 heavy (non-hydrogen) atoms. The summed E-state index contributed by atoms with van der Waals surface area (Å²) in [5.41, 5.74) is 1.95. The van der Waals surface area contributed by atoms with Gasteiger partial charge >= 0.3 is 0 Å². The van der Waals surface area contributed by atoms with Crippen LogP contribution in [0.25, 0.3) is 11.3 Å². The third-order valence-electron chi connectivity index (χ3n) is 1.83. The highest BCUT2D eigenvalue weighted by Gasteiger charge is 2.01. The zero-order chi connectivity index (χ0) is 9.97. The van der Waals surface area contributed by atoms with Crippen LogP contribution < -0.4 is 0 Å². The van der Waals surface area contributed by atoms with Gasteiger partial charge in [-0.25, -0.2) is 4.98 Å².